The Kier molecular flexibility index (Phi) is 7.35. The lowest BCUT2D eigenvalue weighted by Gasteiger charge is -1.98. The molecule has 0 bridgehead atoms. The summed E-state index contributed by atoms with van der Waals surface area (Å²) in [5.74, 6) is 0. The van der Waals surface area contributed by atoms with Crippen LogP contribution in [-0.4, -0.2) is 11.7 Å². The van der Waals surface area contributed by atoms with Crippen LogP contribution in [0.25, 0.3) is 0 Å². The summed E-state index contributed by atoms with van der Waals surface area (Å²) < 4.78 is 0. The Morgan fingerprint density at radius 3 is 2.69 bits per heavy atom. The third-order valence-corrected chi connectivity index (χ3v) is 2.27. The Bertz CT molecular complexity index is 226. The molecule has 2 N–H and O–H groups in total. The van der Waals surface area contributed by atoms with Gasteiger partial charge in [-0.1, -0.05) is 37.1 Å². The standard InChI is InChI=1S/C10H15NOS.H2/c1-3-6-9(4-2)13-10(12)7-5-8-11;/h3-4,6H,1-2,5,7-8,11H2;1H/b9-6+;. The second-order valence-corrected chi connectivity index (χ2v) is 3.51. The third kappa shape index (κ3) is 6.37. The van der Waals surface area contributed by atoms with Gasteiger partial charge in [-0.2, -0.15) is 0 Å². The predicted octanol–water partition coefficient (Wildman–Crippen LogP) is 2.49. The maximum atomic E-state index is 11.2. The zero-order chi connectivity index (χ0) is 10.1. The van der Waals surface area contributed by atoms with E-state index in [4.69, 9.17) is 5.73 Å². The summed E-state index contributed by atoms with van der Waals surface area (Å²) in [7, 11) is 0. The van der Waals surface area contributed by atoms with E-state index in [-0.39, 0.29) is 6.54 Å². The number of allylic oxidation sites excluding steroid dienone is 3. The van der Waals surface area contributed by atoms with Crippen LogP contribution in [0.4, 0.5) is 0 Å². The summed E-state index contributed by atoms with van der Waals surface area (Å²) in [5, 5.41) is 0.124. The van der Waals surface area contributed by atoms with Crippen LogP contribution < -0.4 is 5.73 Å². The molecule has 0 radical (unpaired) electrons. The summed E-state index contributed by atoms with van der Waals surface area (Å²) in [5.41, 5.74) is 5.29. The van der Waals surface area contributed by atoms with Gasteiger partial charge in [0.2, 0.25) is 0 Å². The van der Waals surface area contributed by atoms with Crippen molar-refractivity contribution >= 4 is 16.9 Å². The molecular formula is C10H17NOS. The minimum Gasteiger partial charge on any atom is -0.330 e. The molecule has 0 aromatic rings. The van der Waals surface area contributed by atoms with E-state index in [2.05, 4.69) is 13.2 Å². The van der Waals surface area contributed by atoms with Crippen molar-refractivity contribution in [1.82, 2.24) is 0 Å². The summed E-state index contributed by atoms with van der Waals surface area (Å²) in [6.45, 7) is 7.70. The molecule has 2 nitrogen and oxygen atoms in total. The molecule has 0 heterocycles. The molecule has 0 amide bonds. The Morgan fingerprint density at radius 2 is 2.23 bits per heavy atom. The van der Waals surface area contributed by atoms with E-state index >= 15 is 0 Å². The Hall–Kier alpha value is -0.800. The highest BCUT2D eigenvalue weighted by atomic mass is 32.2. The van der Waals surface area contributed by atoms with E-state index in [1.54, 1.807) is 18.2 Å². The number of thioether (sulfide) groups is 1. The van der Waals surface area contributed by atoms with Crippen molar-refractivity contribution in [3.05, 3.63) is 36.3 Å². The van der Waals surface area contributed by atoms with Gasteiger partial charge >= 0.3 is 0 Å². The van der Waals surface area contributed by atoms with E-state index in [9.17, 15) is 4.79 Å². The smallest absolute Gasteiger partial charge is 0.193 e. The molecule has 0 spiro atoms. The molecule has 0 saturated heterocycles. The zero-order valence-corrected chi connectivity index (χ0v) is 8.48. The molecule has 0 aliphatic rings. The van der Waals surface area contributed by atoms with Gasteiger partial charge in [0, 0.05) is 12.8 Å². The molecule has 0 saturated carbocycles. The fourth-order valence-corrected chi connectivity index (χ4v) is 1.45. The third-order valence-electron chi connectivity index (χ3n) is 1.30. The molecule has 0 unspecified atom stereocenters. The summed E-state index contributed by atoms with van der Waals surface area (Å²) in [6.07, 6.45) is 6.30. The van der Waals surface area contributed by atoms with E-state index in [1.807, 2.05) is 0 Å². The van der Waals surface area contributed by atoms with Gasteiger partial charge in [0.15, 0.2) is 5.12 Å². The molecule has 0 rings (SSSR count). The van der Waals surface area contributed by atoms with Gasteiger partial charge in [-0.15, -0.1) is 0 Å². The van der Waals surface area contributed by atoms with Crippen LogP contribution in [0.1, 0.15) is 14.3 Å². The van der Waals surface area contributed by atoms with Gasteiger partial charge in [0.05, 0.1) is 0 Å². The highest BCUT2D eigenvalue weighted by molar-refractivity contribution is 8.17. The molecule has 0 fully saturated rings. The minimum absolute atomic E-state index is 0. The van der Waals surface area contributed by atoms with E-state index < -0.39 is 0 Å². The second-order valence-electron chi connectivity index (χ2n) is 2.38. The van der Waals surface area contributed by atoms with E-state index in [1.165, 1.54) is 11.8 Å². The Balaban J connectivity index is 0. The van der Waals surface area contributed by atoms with Crippen molar-refractivity contribution in [2.75, 3.05) is 6.54 Å². The average molecular weight is 199 g/mol. The maximum Gasteiger partial charge on any atom is 0.193 e. The van der Waals surface area contributed by atoms with Crippen molar-refractivity contribution in [1.29, 1.82) is 0 Å². The Morgan fingerprint density at radius 1 is 1.54 bits per heavy atom. The molecule has 13 heavy (non-hydrogen) atoms. The quantitative estimate of drug-likeness (QED) is 0.668. The van der Waals surface area contributed by atoms with E-state index in [0.29, 0.717) is 13.0 Å². The number of hydrogen-bond acceptors (Lipinski definition) is 3. The van der Waals surface area contributed by atoms with Crippen molar-refractivity contribution < 1.29 is 6.22 Å². The average Bonchev–Trinajstić information content (AvgIpc) is 2.14. The largest absolute Gasteiger partial charge is 0.330 e. The number of carbonyl (C=O) groups is 1. The lowest BCUT2D eigenvalue weighted by Crippen LogP contribution is -2.01. The first-order valence-corrected chi connectivity index (χ1v) is 4.92. The summed E-state index contributed by atoms with van der Waals surface area (Å²) in [4.78, 5) is 12.1. The van der Waals surface area contributed by atoms with Crippen LogP contribution in [-0.2, 0) is 4.79 Å². The number of rotatable bonds is 6. The highest BCUT2D eigenvalue weighted by Gasteiger charge is 2.03. The minimum atomic E-state index is 0. The first kappa shape index (κ1) is 12.2. The van der Waals surface area contributed by atoms with Crippen molar-refractivity contribution in [2.24, 2.45) is 5.73 Å². The molecule has 0 aliphatic carbocycles. The van der Waals surface area contributed by atoms with Gasteiger partial charge in [0.25, 0.3) is 0 Å². The van der Waals surface area contributed by atoms with Crippen LogP contribution in [0.5, 0.6) is 0 Å². The van der Waals surface area contributed by atoms with Gasteiger partial charge in [-0.3, -0.25) is 4.79 Å². The van der Waals surface area contributed by atoms with Crippen LogP contribution >= 0.6 is 11.8 Å². The fraction of sp³-hybridized carbons (Fsp3) is 0.300. The molecule has 0 aliphatic heterocycles. The Labute approximate surface area is 85.1 Å². The van der Waals surface area contributed by atoms with E-state index in [0.717, 1.165) is 11.3 Å². The topological polar surface area (TPSA) is 43.1 Å². The summed E-state index contributed by atoms with van der Waals surface area (Å²) in [6, 6.07) is 0. The van der Waals surface area contributed by atoms with Gasteiger partial charge in [-0.25, -0.2) is 0 Å². The first-order valence-electron chi connectivity index (χ1n) is 4.10. The number of hydrogen-bond donors (Lipinski definition) is 1. The first-order chi connectivity index (χ1) is 6.24. The second kappa shape index (κ2) is 7.83. The lowest BCUT2D eigenvalue weighted by molar-refractivity contribution is -0.111. The molecular weight excluding hydrogens is 182 g/mol. The molecule has 3 heteroatoms. The normalized spacial score (nSPS) is 11.0. The van der Waals surface area contributed by atoms with Crippen molar-refractivity contribution in [3.8, 4) is 0 Å². The number of carbonyl (C=O) groups excluding carboxylic acids is 1. The molecule has 74 valence electrons. The molecule has 0 aromatic carbocycles. The van der Waals surface area contributed by atoms with Crippen LogP contribution in [0.15, 0.2) is 36.3 Å². The maximum absolute atomic E-state index is 11.2. The lowest BCUT2D eigenvalue weighted by atomic mass is 10.3. The zero-order valence-electron chi connectivity index (χ0n) is 7.66. The van der Waals surface area contributed by atoms with Crippen molar-refractivity contribution in [3.63, 3.8) is 0 Å². The van der Waals surface area contributed by atoms with Crippen LogP contribution in [0.2, 0.25) is 0 Å². The van der Waals surface area contributed by atoms with Crippen LogP contribution in [0.3, 0.4) is 0 Å². The van der Waals surface area contributed by atoms with Gasteiger partial charge < -0.3 is 5.73 Å². The van der Waals surface area contributed by atoms with Gasteiger partial charge in [-0.05, 0) is 19.0 Å². The van der Waals surface area contributed by atoms with Crippen LogP contribution in [0, 0.1) is 0 Å². The van der Waals surface area contributed by atoms with Gasteiger partial charge in [0.1, 0.15) is 0 Å². The summed E-state index contributed by atoms with van der Waals surface area (Å²) >= 11 is 1.19. The van der Waals surface area contributed by atoms with Crippen molar-refractivity contribution in [2.45, 2.75) is 12.8 Å². The predicted molar refractivity (Wildman–Crippen MR) is 61.5 cm³/mol. The number of nitrogens with two attached hydrogens (primary N) is 1. The fourth-order valence-electron chi connectivity index (χ4n) is 0.689. The molecule has 0 atom stereocenters. The SMILES string of the molecule is C=C/C=C(\C=C)SC(=O)CCCN.[HH]. The monoisotopic (exact) mass is 199 g/mol. The molecule has 0 aromatic heterocycles. The highest BCUT2D eigenvalue weighted by Crippen LogP contribution is 2.19.